The number of amides is 1. The number of benzene rings is 3. The number of fused-ring (bicyclic) bond motifs is 1. The highest BCUT2D eigenvalue weighted by atomic mass is 32.2. The minimum atomic E-state index is -3.93. The third kappa shape index (κ3) is 11.8. The van der Waals surface area contributed by atoms with Crippen LogP contribution in [0.3, 0.4) is 0 Å². The number of hydrogen-bond donors (Lipinski definition) is 1. The van der Waals surface area contributed by atoms with Gasteiger partial charge in [0.1, 0.15) is 12.4 Å². The zero-order chi connectivity index (χ0) is 39.6. The summed E-state index contributed by atoms with van der Waals surface area (Å²) < 4.78 is 60.0. The van der Waals surface area contributed by atoms with Crippen molar-refractivity contribution in [2.45, 2.75) is 89.6 Å². The maximum atomic E-state index is 14.5. The monoisotopic (exact) mass is 779 g/mol. The fourth-order valence-electron chi connectivity index (χ4n) is 7.86. The van der Waals surface area contributed by atoms with Crippen LogP contribution in [-0.4, -0.2) is 91.1 Å². The molecule has 4 atom stereocenters. The van der Waals surface area contributed by atoms with Crippen molar-refractivity contribution in [2.24, 2.45) is 17.1 Å². The van der Waals surface area contributed by atoms with Crippen molar-refractivity contribution in [2.75, 3.05) is 65.2 Å². The van der Waals surface area contributed by atoms with Gasteiger partial charge < -0.3 is 34.3 Å². The Kier molecular flexibility index (Phi) is 15.2. The molecule has 12 heteroatoms. The molecule has 11 nitrogen and oxygen atoms in total. The third-order valence-corrected chi connectivity index (χ3v) is 12.5. The van der Waals surface area contributed by atoms with Gasteiger partial charge in [-0.05, 0) is 72.6 Å². The molecule has 2 aliphatic heterocycles. The Bertz CT molecular complexity index is 1780. The molecule has 0 saturated carbocycles. The van der Waals surface area contributed by atoms with E-state index in [1.807, 2.05) is 45.0 Å². The van der Waals surface area contributed by atoms with E-state index in [-0.39, 0.29) is 23.8 Å². The number of aryl methyl sites for hydroxylation is 1. The second-order valence-corrected chi connectivity index (χ2v) is 17.9. The SMILES string of the molecule is COCCCN1CCOc2ccc(CO[C@H]3CN(S(=O)(=O)c4ccc(C)cc4)[C@@H](CC(C)(C)CC(N)=O)C[C@@H]3c3ccc(COCC(C)COC)cc3)cc21. The Hall–Kier alpha value is -3.52. The van der Waals surface area contributed by atoms with Crippen molar-refractivity contribution in [1.82, 2.24) is 4.31 Å². The topological polar surface area (TPSA) is 130 Å². The molecule has 3 aromatic carbocycles. The molecule has 0 aromatic heterocycles. The van der Waals surface area contributed by atoms with Gasteiger partial charge in [-0.25, -0.2) is 8.42 Å². The number of rotatable bonds is 20. The molecule has 1 unspecified atom stereocenters. The first kappa shape index (κ1) is 42.6. The van der Waals surface area contributed by atoms with E-state index in [4.69, 9.17) is 29.4 Å². The number of ether oxygens (including phenoxy) is 5. The number of piperidine rings is 1. The highest BCUT2D eigenvalue weighted by Gasteiger charge is 2.45. The predicted molar refractivity (Wildman–Crippen MR) is 215 cm³/mol. The van der Waals surface area contributed by atoms with Crippen LogP contribution in [-0.2, 0) is 47.0 Å². The van der Waals surface area contributed by atoms with Crippen molar-refractivity contribution in [3.8, 4) is 5.75 Å². The van der Waals surface area contributed by atoms with Crippen LogP contribution in [0.25, 0.3) is 0 Å². The van der Waals surface area contributed by atoms with E-state index in [0.717, 1.165) is 53.2 Å². The van der Waals surface area contributed by atoms with E-state index in [2.05, 4.69) is 42.2 Å². The molecule has 55 heavy (non-hydrogen) atoms. The lowest BCUT2D eigenvalue weighted by Gasteiger charge is -2.45. The lowest BCUT2D eigenvalue weighted by atomic mass is 9.76. The summed E-state index contributed by atoms with van der Waals surface area (Å²) in [6.07, 6.45) is 1.56. The van der Waals surface area contributed by atoms with Crippen LogP contribution in [0, 0.1) is 18.3 Å². The summed E-state index contributed by atoms with van der Waals surface area (Å²) in [4.78, 5) is 14.7. The molecule has 1 fully saturated rings. The number of nitrogens with zero attached hydrogens (tertiary/aromatic N) is 2. The average molecular weight is 780 g/mol. The van der Waals surface area contributed by atoms with Gasteiger partial charge in [-0.15, -0.1) is 0 Å². The van der Waals surface area contributed by atoms with Gasteiger partial charge in [0.05, 0.1) is 49.7 Å². The van der Waals surface area contributed by atoms with E-state index < -0.39 is 33.5 Å². The Morgan fingerprint density at radius 2 is 1.71 bits per heavy atom. The molecule has 2 heterocycles. The van der Waals surface area contributed by atoms with Crippen molar-refractivity contribution in [1.29, 1.82) is 0 Å². The lowest BCUT2D eigenvalue weighted by molar-refractivity contribution is -0.120. The molecule has 3 aromatic rings. The molecule has 5 rings (SSSR count). The quantitative estimate of drug-likeness (QED) is 0.129. The summed E-state index contributed by atoms with van der Waals surface area (Å²) in [5.41, 5.74) is 10.2. The van der Waals surface area contributed by atoms with E-state index >= 15 is 0 Å². The van der Waals surface area contributed by atoms with Gasteiger partial charge in [0, 0.05) is 58.2 Å². The zero-order valence-electron chi connectivity index (χ0n) is 33.5. The summed E-state index contributed by atoms with van der Waals surface area (Å²) in [5, 5.41) is 0. The number of hydrogen-bond acceptors (Lipinski definition) is 9. The second kappa shape index (κ2) is 19.6. The number of sulfonamides is 1. The molecule has 0 radical (unpaired) electrons. The maximum absolute atomic E-state index is 14.5. The molecule has 1 amide bonds. The Labute approximate surface area is 328 Å². The largest absolute Gasteiger partial charge is 0.490 e. The van der Waals surface area contributed by atoms with Gasteiger partial charge in [0.25, 0.3) is 0 Å². The van der Waals surface area contributed by atoms with Gasteiger partial charge in [0.15, 0.2) is 0 Å². The zero-order valence-corrected chi connectivity index (χ0v) is 34.3. The molecule has 1 saturated heterocycles. The van der Waals surface area contributed by atoms with Gasteiger partial charge in [-0.2, -0.15) is 4.31 Å². The maximum Gasteiger partial charge on any atom is 0.243 e. The highest BCUT2D eigenvalue weighted by Crippen LogP contribution is 2.42. The summed E-state index contributed by atoms with van der Waals surface area (Å²) >= 11 is 0. The number of anilines is 1. The van der Waals surface area contributed by atoms with E-state index in [0.29, 0.717) is 58.4 Å². The smallest absolute Gasteiger partial charge is 0.243 e. The molecule has 0 bridgehead atoms. The molecule has 2 N–H and O–H groups in total. The van der Waals surface area contributed by atoms with Crippen LogP contribution in [0.4, 0.5) is 5.69 Å². The molecular weight excluding hydrogens is 719 g/mol. The van der Waals surface area contributed by atoms with E-state index in [1.165, 1.54) is 0 Å². The fraction of sp³-hybridized carbons (Fsp3) is 0.558. The van der Waals surface area contributed by atoms with Gasteiger partial charge >= 0.3 is 0 Å². The van der Waals surface area contributed by atoms with Crippen molar-refractivity contribution >= 4 is 21.6 Å². The highest BCUT2D eigenvalue weighted by molar-refractivity contribution is 7.89. The first-order chi connectivity index (χ1) is 26.3. The number of nitrogens with two attached hydrogens (primary N) is 1. The Morgan fingerprint density at radius 3 is 2.40 bits per heavy atom. The standard InChI is InChI=1S/C43H61N3O8S/c1-31-8-15-37(16-9-31)55(48,49)46-26-41(54-30-34-12-17-40-39(22-34)45(19-21-53-40)18-7-20-50-5)38(23-36(46)24-43(3,4)25-42(44)47)35-13-10-33(11-14-35)29-52-28-32(2)27-51-6/h8-17,22,32,36,38,41H,7,18-21,23-30H2,1-6H3,(H2,44,47)/t32?,36-,38-,41+/m1/s1. The van der Waals surface area contributed by atoms with Crippen LogP contribution in [0.15, 0.2) is 71.6 Å². The molecule has 0 aliphatic carbocycles. The average Bonchev–Trinajstić information content (AvgIpc) is 3.14. The van der Waals surface area contributed by atoms with Crippen molar-refractivity contribution < 1.29 is 36.9 Å². The van der Waals surface area contributed by atoms with Crippen molar-refractivity contribution in [3.05, 3.63) is 89.0 Å². The van der Waals surface area contributed by atoms with Crippen LogP contribution in [0.1, 0.15) is 74.6 Å². The van der Waals surface area contributed by atoms with Crippen LogP contribution >= 0.6 is 0 Å². The first-order valence-electron chi connectivity index (χ1n) is 19.4. The van der Waals surface area contributed by atoms with Gasteiger partial charge in [-0.3, -0.25) is 4.79 Å². The molecule has 0 spiro atoms. The number of carbonyl (C=O) groups excluding carboxylic acids is 1. The second-order valence-electron chi connectivity index (χ2n) is 16.0. The Balaban J connectivity index is 1.45. The van der Waals surface area contributed by atoms with Crippen LogP contribution < -0.4 is 15.4 Å². The first-order valence-corrected chi connectivity index (χ1v) is 20.9. The van der Waals surface area contributed by atoms with Gasteiger partial charge in [0.2, 0.25) is 15.9 Å². The fourth-order valence-corrected chi connectivity index (χ4v) is 9.50. The van der Waals surface area contributed by atoms with E-state index in [9.17, 15) is 13.2 Å². The van der Waals surface area contributed by atoms with Crippen molar-refractivity contribution in [3.63, 3.8) is 0 Å². The Morgan fingerprint density at radius 1 is 0.982 bits per heavy atom. The van der Waals surface area contributed by atoms with Gasteiger partial charge in [-0.1, -0.05) is 68.8 Å². The number of carbonyl (C=O) groups is 1. The minimum absolute atomic E-state index is 0.123. The molecule has 2 aliphatic rings. The summed E-state index contributed by atoms with van der Waals surface area (Å²) in [6, 6.07) is 21.1. The third-order valence-electron chi connectivity index (χ3n) is 10.6. The predicted octanol–water partition coefficient (Wildman–Crippen LogP) is 6.45. The van der Waals surface area contributed by atoms with E-state index in [1.54, 1.807) is 30.7 Å². The molecule has 302 valence electrons. The summed E-state index contributed by atoms with van der Waals surface area (Å²) in [7, 11) is -0.522. The lowest BCUT2D eigenvalue weighted by Crippen LogP contribution is -2.53. The number of methoxy groups -OCH3 is 2. The normalized spacial score (nSPS) is 19.8. The minimum Gasteiger partial charge on any atom is -0.490 e. The summed E-state index contributed by atoms with van der Waals surface area (Å²) in [6.45, 7) is 13.1. The number of primary amides is 1. The van der Waals surface area contributed by atoms with Crippen LogP contribution in [0.2, 0.25) is 0 Å². The summed E-state index contributed by atoms with van der Waals surface area (Å²) in [5.74, 6) is 0.605. The molecular formula is C43H61N3O8S. The van der Waals surface area contributed by atoms with Crippen LogP contribution in [0.5, 0.6) is 5.75 Å².